The van der Waals surface area contributed by atoms with Crippen molar-refractivity contribution in [3.63, 3.8) is 0 Å². The van der Waals surface area contributed by atoms with Crippen molar-refractivity contribution in [3.05, 3.63) is 41.6 Å². The smallest absolute Gasteiger partial charge is 0.0707 e. The molecule has 0 saturated heterocycles. The Morgan fingerprint density at radius 3 is 2.53 bits per heavy atom. The van der Waals surface area contributed by atoms with Crippen molar-refractivity contribution in [2.75, 3.05) is 0 Å². The molecule has 0 aliphatic heterocycles. The summed E-state index contributed by atoms with van der Waals surface area (Å²) in [7, 11) is 0. The van der Waals surface area contributed by atoms with Crippen LogP contribution in [-0.2, 0) is 0 Å². The van der Waals surface area contributed by atoms with Crippen molar-refractivity contribution >= 4 is 10.9 Å². The van der Waals surface area contributed by atoms with E-state index in [1.54, 1.807) is 0 Å². The molecule has 19 heavy (non-hydrogen) atoms. The second-order valence-electron chi connectivity index (χ2n) is 6.55. The molecule has 0 radical (unpaired) electrons. The molecule has 1 fully saturated rings. The van der Waals surface area contributed by atoms with E-state index >= 15 is 0 Å². The highest BCUT2D eigenvalue weighted by Crippen LogP contribution is 2.53. The highest BCUT2D eigenvalue weighted by atomic mass is 14.7. The molecule has 1 aliphatic rings. The zero-order valence-corrected chi connectivity index (χ0v) is 12.4. The van der Waals surface area contributed by atoms with Gasteiger partial charge >= 0.3 is 0 Å². The molecule has 1 saturated carbocycles. The molecule has 1 heteroatoms. The number of fused-ring (bicyclic) bond motifs is 1. The second-order valence-corrected chi connectivity index (χ2v) is 6.55. The Bertz CT molecular complexity index is 592. The van der Waals surface area contributed by atoms with E-state index in [1.165, 1.54) is 22.9 Å². The number of hydrogen-bond acceptors (Lipinski definition) is 1. The molecule has 1 nitrogen and oxygen atoms in total. The Kier molecular flexibility index (Phi) is 3.08. The van der Waals surface area contributed by atoms with Crippen LogP contribution < -0.4 is 0 Å². The fourth-order valence-corrected chi connectivity index (χ4v) is 3.36. The predicted octanol–water partition coefficient (Wildman–Crippen LogP) is 5.12. The van der Waals surface area contributed by atoms with E-state index in [-0.39, 0.29) is 0 Å². The minimum Gasteiger partial charge on any atom is -0.256 e. The van der Waals surface area contributed by atoms with Crippen LogP contribution in [0.25, 0.3) is 10.9 Å². The average Bonchev–Trinajstić information content (AvgIpc) is 3.17. The van der Waals surface area contributed by atoms with Gasteiger partial charge in [0.05, 0.1) is 5.52 Å². The summed E-state index contributed by atoms with van der Waals surface area (Å²) >= 11 is 0. The number of rotatable bonds is 3. The number of benzene rings is 1. The molecular formula is C18H23N. The molecule has 100 valence electrons. The largest absolute Gasteiger partial charge is 0.256 e. The third-order valence-electron chi connectivity index (χ3n) is 4.55. The zero-order chi connectivity index (χ0) is 13.6. The Morgan fingerprint density at radius 2 is 1.89 bits per heavy atom. The van der Waals surface area contributed by atoms with Gasteiger partial charge in [-0.05, 0) is 53.4 Å². The van der Waals surface area contributed by atoms with Gasteiger partial charge in [0.2, 0.25) is 0 Å². The lowest BCUT2D eigenvalue weighted by Crippen LogP contribution is -1.97. The standard InChI is InChI=1S/C18H23N/c1-11(2)13-6-5-7-17-18(13)14(8-9-19-17)16-10-15(16)12(3)4/h5-9,11-12,15-16H,10H2,1-4H3. The summed E-state index contributed by atoms with van der Waals surface area (Å²) < 4.78 is 0. The van der Waals surface area contributed by atoms with E-state index in [2.05, 4.69) is 56.9 Å². The Morgan fingerprint density at radius 1 is 1.11 bits per heavy atom. The van der Waals surface area contributed by atoms with Crippen LogP contribution in [-0.4, -0.2) is 4.98 Å². The van der Waals surface area contributed by atoms with E-state index in [9.17, 15) is 0 Å². The monoisotopic (exact) mass is 253 g/mol. The maximum absolute atomic E-state index is 4.56. The first kappa shape index (κ1) is 12.7. The quantitative estimate of drug-likeness (QED) is 0.740. The molecule has 0 N–H and O–H groups in total. The van der Waals surface area contributed by atoms with Crippen LogP contribution in [0, 0.1) is 11.8 Å². The van der Waals surface area contributed by atoms with Crippen LogP contribution in [0.1, 0.15) is 57.1 Å². The third kappa shape index (κ3) is 2.16. The van der Waals surface area contributed by atoms with Gasteiger partial charge in [0, 0.05) is 11.6 Å². The predicted molar refractivity (Wildman–Crippen MR) is 81.5 cm³/mol. The molecule has 0 amide bonds. The minimum absolute atomic E-state index is 0.558. The van der Waals surface area contributed by atoms with Gasteiger partial charge in [-0.3, -0.25) is 4.98 Å². The van der Waals surface area contributed by atoms with E-state index in [1.807, 2.05) is 6.20 Å². The Hall–Kier alpha value is -1.37. The first-order valence-electron chi connectivity index (χ1n) is 7.47. The fourth-order valence-electron chi connectivity index (χ4n) is 3.36. The van der Waals surface area contributed by atoms with Gasteiger partial charge in [-0.2, -0.15) is 0 Å². The van der Waals surface area contributed by atoms with Gasteiger partial charge in [0.1, 0.15) is 0 Å². The number of hydrogen-bond donors (Lipinski definition) is 0. The lowest BCUT2D eigenvalue weighted by Gasteiger charge is -2.14. The van der Waals surface area contributed by atoms with Gasteiger partial charge in [0.15, 0.2) is 0 Å². The molecule has 2 aromatic rings. The summed E-state index contributed by atoms with van der Waals surface area (Å²) in [6, 6.07) is 8.81. The normalized spacial score (nSPS) is 22.4. The summed E-state index contributed by atoms with van der Waals surface area (Å²) in [6.45, 7) is 9.24. The topological polar surface area (TPSA) is 12.9 Å². The van der Waals surface area contributed by atoms with Crippen LogP contribution >= 0.6 is 0 Å². The molecule has 0 bridgehead atoms. The minimum atomic E-state index is 0.558. The first-order chi connectivity index (χ1) is 9.09. The summed E-state index contributed by atoms with van der Waals surface area (Å²) in [5.74, 6) is 2.97. The average molecular weight is 253 g/mol. The second kappa shape index (κ2) is 4.63. The van der Waals surface area contributed by atoms with Crippen molar-refractivity contribution in [1.82, 2.24) is 4.98 Å². The third-order valence-corrected chi connectivity index (χ3v) is 4.55. The molecule has 1 aromatic carbocycles. The van der Waals surface area contributed by atoms with Crippen LogP contribution in [0.4, 0.5) is 0 Å². The first-order valence-corrected chi connectivity index (χ1v) is 7.47. The lowest BCUT2D eigenvalue weighted by molar-refractivity contribution is 0.549. The fraction of sp³-hybridized carbons (Fsp3) is 0.500. The van der Waals surface area contributed by atoms with Crippen molar-refractivity contribution in [1.29, 1.82) is 0 Å². The maximum atomic E-state index is 4.56. The van der Waals surface area contributed by atoms with Gasteiger partial charge in [-0.15, -0.1) is 0 Å². The number of pyridine rings is 1. The summed E-state index contributed by atoms with van der Waals surface area (Å²) in [5.41, 5.74) is 4.15. The number of nitrogens with zero attached hydrogens (tertiary/aromatic N) is 1. The molecule has 3 rings (SSSR count). The molecule has 0 spiro atoms. The van der Waals surface area contributed by atoms with Gasteiger partial charge in [-0.25, -0.2) is 0 Å². The summed E-state index contributed by atoms with van der Waals surface area (Å²) in [6.07, 6.45) is 3.33. The van der Waals surface area contributed by atoms with Crippen LogP contribution in [0.15, 0.2) is 30.5 Å². The lowest BCUT2D eigenvalue weighted by atomic mass is 9.92. The SMILES string of the molecule is CC(C)c1cccc2nccc(C3CC3C(C)C)c12. The zero-order valence-electron chi connectivity index (χ0n) is 12.4. The van der Waals surface area contributed by atoms with E-state index in [0.717, 1.165) is 23.3 Å². The Balaban J connectivity index is 2.15. The highest BCUT2D eigenvalue weighted by Gasteiger charge is 2.41. The van der Waals surface area contributed by atoms with Crippen LogP contribution in [0.2, 0.25) is 0 Å². The molecule has 2 unspecified atom stereocenters. The van der Waals surface area contributed by atoms with Gasteiger partial charge < -0.3 is 0 Å². The van der Waals surface area contributed by atoms with Gasteiger partial charge in [0.25, 0.3) is 0 Å². The van der Waals surface area contributed by atoms with Crippen molar-refractivity contribution in [2.24, 2.45) is 11.8 Å². The molecule has 1 heterocycles. The highest BCUT2D eigenvalue weighted by molar-refractivity contribution is 5.87. The van der Waals surface area contributed by atoms with E-state index in [0.29, 0.717) is 5.92 Å². The molecule has 2 atom stereocenters. The number of aromatic nitrogens is 1. The van der Waals surface area contributed by atoms with Crippen LogP contribution in [0.3, 0.4) is 0 Å². The maximum Gasteiger partial charge on any atom is 0.0707 e. The van der Waals surface area contributed by atoms with Crippen LogP contribution in [0.5, 0.6) is 0 Å². The Labute approximate surface area is 116 Å². The molecular weight excluding hydrogens is 230 g/mol. The van der Waals surface area contributed by atoms with E-state index in [4.69, 9.17) is 0 Å². The van der Waals surface area contributed by atoms with Crippen molar-refractivity contribution in [2.45, 2.75) is 46.0 Å². The summed E-state index contributed by atoms with van der Waals surface area (Å²) in [4.78, 5) is 4.56. The molecule has 1 aliphatic carbocycles. The van der Waals surface area contributed by atoms with E-state index < -0.39 is 0 Å². The summed E-state index contributed by atoms with van der Waals surface area (Å²) in [5, 5.41) is 1.42. The molecule has 1 aromatic heterocycles. The van der Waals surface area contributed by atoms with Gasteiger partial charge in [-0.1, -0.05) is 39.8 Å². The van der Waals surface area contributed by atoms with Crippen molar-refractivity contribution < 1.29 is 0 Å². The van der Waals surface area contributed by atoms with Crippen molar-refractivity contribution in [3.8, 4) is 0 Å².